The van der Waals surface area contributed by atoms with Crippen LogP contribution in [0.1, 0.15) is 5.82 Å². The maximum absolute atomic E-state index is 5.93. The number of hydrogen-bond acceptors (Lipinski definition) is 3. The summed E-state index contributed by atoms with van der Waals surface area (Å²) >= 11 is 5.93. The van der Waals surface area contributed by atoms with Gasteiger partial charge in [0, 0.05) is 24.8 Å². The Morgan fingerprint density at radius 2 is 2.16 bits per heavy atom. The van der Waals surface area contributed by atoms with Crippen molar-refractivity contribution in [3.63, 3.8) is 0 Å². The predicted octanol–water partition coefficient (Wildman–Crippen LogP) is 3.33. The van der Waals surface area contributed by atoms with Crippen LogP contribution in [0.5, 0.6) is 0 Å². The molecule has 4 nitrogen and oxygen atoms in total. The van der Waals surface area contributed by atoms with Crippen molar-refractivity contribution in [3.05, 3.63) is 48.1 Å². The summed E-state index contributed by atoms with van der Waals surface area (Å²) in [7, 11) is 1.98. The van der Waals surface area contributed by atoms with Crippen LogP contribution >= 0.6 is 11.6 Å². The molecular weight excluding hydrogens is 260 g/mol. The monoisotopic (exact) mass is 270 g/mol. The van der Waals surface area contributed by atoms with Crippen molar-refractivity contribution in [1.29, 1.82) is 0 Å². The molecule has 0 radical (unpaired) electrons. The van der Waals surface area contributed by atoms with Crippen molar-refractivity contribution in [2.75, 3.05) is 0 Å². The number of fused-ring (bicyclic) bond motifs is 1. The molecule has 0 unspecified atom stereocenters. The van der Waals surface area contributed by atoms with Gasteiger partial charge in [-0.2, -0.15) is 0 Å². The van der Waals surface area contributed by atoms with E-state index in [9.17, 15) is 0 Å². The van der Waals surface area contributed by atoms with E-state index in [0.717, 1.165) is 22.3 Å². The van der Waals surface area contributed by atoms with Crippen LogP contribution in [-0.4, -0.2) is 19.5 Å². The summed E-state index contributed by atoms with van der Waals surface area (Å²) in [6.07, 6.45) is 5.11. The van der Waals surface area contributed by atoms with E-state index in [2.05, 4.69) is 21.5 Å². The molecule has 0 bridgehead atoms. The molecule has 0 saturated carbocycles. The Morgan fingerprint density at radius 1 is 1.32 bits per heavy atom. The number of aryl methyl sites for hydroxylation is 1. The minimum Gasteiger partial charge on any atom is -0.342 e. The highest BCUT2D eigenvalue weighted by molar-refractivity contribution is 6.30. The lowest BCUT2D eigenvalue weighted by atomic mass is 10.2. The first-order valence-corrected chi connectivity index (χ1v) is 6.13. The van der Waals surface area contributed by atoms with Gasteiger partial charge < -0.3 is 4.57 Å². The summed E-state index contributed by atoms with van der Waals surface area (Å²) in [5.74, 6) is 0.610. The Labute approximate surface area is 115 Å². The fraction of sp³-hybridized carbons (Fsp3) is 0.0714. The molecule has 3 aromatic rings. The minimum atomic E-state index is 0.481. The summed E-state index contributed by atoms with van der Waals surface area (Å²) < 4.78 is 2.04. The van der Waals surface area contributed by atoms with Gasteiger partial charge in [0.05, 0.1) is 16.9 Å². The first-order valence-electron chi connectivity index (χ1n) is 5.76. The van der Waals surface area contributed by atoms with Gasteiger partial charge in [0.2, 0.25) is 0 Å². The molecule has 0 spiro atoms. The zero-order chi connectivity index (χ0) is 13.4. The van der Waals surface area contributed by atoms with E-state index in [1.165, 1.54) is 0 Å². The maximum atomic E-state index is 5.93. The molecule has 0 amide bonds. The van der Waals surface area contributed by atoms with Crippen molar-refractivity contribution in [3.8, 4) is 11.4 Å². The highest BCUT2D eigenvalue weighted by Crippen LogP contribution is 2.26. The molecule has 0 saturated heterocycles. The number of pyridine rings is 1. The molecule has 0 aliphatic heterocycles. The zero-order valence-corrected chi connectivity index (χ0v) is 11.1. The van der Waals surface area contributed by atoms with Gasteiger partial charge in [-0.3, -0.25) is 0 Å². The van der Waals surface area contributed by atoms with Crippen molar-refractivity contribution in [2.45, 2.75) is 0 Å². The molecule has 0 aliphatic rings. The normalized spacial score (nSPS) is 10.8. The van der Waals surface area contributed by atoms with E-state index in [0.29, 0.717) is 11.0 Å². The molecule has 19 heavy (non-hydrogen) atoms. The first-order chi connectivity index (χ1) is 9.19. The number of aromatic nitrogens is 4. The van der Waals surface area contributed by atoms with Crippen LogP contribution in [-0.2, 0) is 7.05 Å². The molecule has 5 heteroatoms. The van der Waals surface area contributed by atoms with Gasteiger partial charge in [-0.1, -0.05) is 18.2 Å². The van der Waals surface area contributed by atoms with Crippen LogP contribution in [0.15, 0.2) is 37.2 Å². The van der Waals surface area contributed by atoms with Crippen LogP contribution in [0, 0.1) is 0 Å². The Bertz CT molecular complexity index is 776. The van der Waals surface area contributed by atoms with E-state index >= 15 is 0 Å². The number of hydrogen-bond donors (Lipinski definition) is 0. The van der Waals surface area contributed by atoms with Crippen LogP contribution < -0.4 is 0 Å². The Hall–Kier alpha value is -2.20. The second-order valence-corrected chi connectivity index (χ2v) is 4.55. The Balaban J connectivity index is 2.24. The van der Waals surface area contributed by atoms with Crippen molar-refractivity contribution in [1.82, 2.24) is 19.5 Å². The number of rotatable bonds is 2. The van der Waals surface area contributed by atoms with Crippen LogP contribution in [0.4, 0.5) is 0 Å². The topological polar surface area (TPSA) is 43.6 Å². The van der Waals surface area contributed by atoms with Gasteiger partial charge in [0.25, 0.3) is 0 Å². The highest BCUT2D eigenvalue weighted by Gasteiger charge is 2.10. The predicted molar refractivity (Wildman–Crippen MR) is 76.8 cm³/mol. The Morgan fingerprint density at radius 3 is 2.95 bits per heavy atom. The standard InChI is InChI=1S/C14H11ClN4/c1-3-14-16-5-4-10(18-14)12-6-9-8-17-13(15)7-11(9)19(12)2/h3-8H,1H2,2H3. The summed E-state index contributed by atoms with van der Waals surface area (Å²) in [4.78, 5) is 12.6. The molecular formula is C14H11ClN4. The second kappa shape index (κ2) is 4.48. The van der Waals surface area contributed by atoms with Crippen molar-refractivity contribution in [2.24, 2.45) is 7.05 Å². The van der Waals surface area contributed by atoms with Gasteiger partial charge in [-0.15, -0.1) is 0 Å². The molecule has 3 heterocycles. The summed E-state index contributed by atoms with van der Waals surface area (Å²) in [5.41, 5.74) is 2.86. The Kier molecular flexibility index (Phi) is 2.80. The maximum Gasteiger partial charge on any atom is 0.151 e. The van der Waals surface area contributed by atoms with Gasteiger partial charge in [-0.25, -0.2) is 15.0 Å². The lowest BCUT2D eigenvalue weighted by Crippen LogP contribution is -1.95. The van der Waals surface area contributed by atoms with Crippen molar-refractivity contribution >= 4 is 28.6 Å². The third-order valence-corrected chi connectivity index (χ3v) is 3.22. The fourth-order valence-corrected chi connectivity index (χ4v) is 2.22. The number of nitrogens with zero attached hydrogens (tertiary/aromatic N) is 4. The SMILES string of the molecule is C=Cc1nccc(-c2cc3cnc(Cl)cc3n2C)n1. The third kappa shape index (κ3) is 2.00. The van der Waals surface area contributed by atoms with E-state index in [-0.39, 0.29) is 0 Å². The highest BCUT2D eigenvalue weighted by atomic mass is 35.5. The third-order valence-electron chi connectivity index (χ3n) is 3.01. The lowest BCUT2D eigenvalue weighted by molar-refractivity contribution is 0.964. The van der Waals surface area contributed by atoms with Gasteiger partial charge >= 0.3 is 0 Å². The molecule has 0 N–H and O–H groups in total. The minimum absolute atomic E-state index is 0.481. The molecule has 3 aromatic heterocycles. The quantitative estimate of drug-likeness (QED) is 0.671. The lowest BCUT2D eigenvalue weighted by Gasteiger charge is -2.04. The van der Waals surface area contributed by atoms with Crippen LogP contribution in [0.3, 0.4) is 0 Å². The van der Waals surface area contributed by atoms with E-state index in [1.807, 2.05) is 29.8 Å². The van der Waals surface area contributed by atoms with Gasteiger partial charge in [-0.05, 0) is 24.3 Å². The first kappa shape index (κ1) is 11.9. The number of halogens is 1. The summed E-state index contributed by atoms with van der Waals surface area (Å²) in [6.45, 7) is 3.68. The van der Waals surface area contributed by atoms with Crippen LogP contribution in [0.2, 0.25) is 5.15 Å². The smallest absolute Gasteiger partial charge is 0.151 e. The fourth-order valence-electron chi connectivity index (χ4n) is 2.07. The van der Waals surface area contributed by atoms with E-state index in [4.69, 9.17) is 11.6 Å². The summed E-state index contributed by atoms with van der Waals surface area (Å²) in [6, 6.07) is 5.75. The van der Waals surface area contributed by atoms with Gasteiger partial charge in [0.15, 0.2) is 5.82 Å². The average molecular weight is 271 g/mol. The average Bonchev–Trinajstić information content (AvgIpc) is 2.76. The summed E-state index contributed by atoms with van der Waals surface area (Å²) in [5, 5.41) is 1.51. The van der Waals surface area contributed by atoms with Crippen LogP contribution in [0.25, 0.3) is 28.4 Å². The molecule has 0 fully saturated rings. The zero-order valence-electron chi connectivity index (χ0n) is 10.3. The second-order valence-electron chi connectivity index (χ2n) is 4.16. The molecule has 94 valence electrons. The van der Waals surface area contributed by atoms with Gasteiger partial charge in [0.1, 0.15) is 5.15 Å². The van der Waals surface area contributed by atoms with E-state index in [1.54, 1.807) is 18.5 Å². The largest absolute Gasteiger partial charge is 0.342 e. The molecule has 3 rings (SSSR count). The molecule has 0 aliphatic carbocycles. The van der Waals surface area contributed by atoms with Crippen molar-refractivity contribution < 1.29 is 0 Å². The molecule has 0 aromatic carbocycles. The molecule has 0 atom stereocenters. The van der Waals surface area contributed by atoms with E-state index < -0.39 is 0 Å².